The van der Waals surface area contributed by atoms with Crippen LogP contribution in [0.1, 0.15) is 10.4 Å². The Bertz CT molecular complexity index is 1060. The molecule has 3 heterocycles. The lowest BCUT2D eigenvalue weighted by Gasteiger charge is -2.30. The van der Waals surface area contributed by atoms with Crippen molar-refractivity contribution in [2.45, 2.75) is 12.1 Å². The van der Waals surface area contributed by atoms with E-state index in [1.165, 1.54) is 4.90 Å². The maximum Gasteiger partial charge on any atom is 0.240 e. The second-order valence-electron chi connectivity index (χ2n) is 7.24. The zero-order chi connectivity index (χ0) is 20.1. The Labute approximate surface area is 175 Å². The number of carbonyl (C=O) groups is 3. The highest BCUT2D eigenvalue weighted by Gasteiger charge is 2.64. The molecule has 0 N–H and O–H groups in total. The number of Topliss-reactive ketones (excluding diaryl/α,β-unsaturated/α-hetero) is 1. The fraction of sp³-hybridized carbons (Fsp3) is 0.182. The van der Waals surface area contributed by atoms with Gasteiger partial charge in [-0.05, 0) is 30.3 Å². The summed E-state index contributed by atoms with van der Waals surface area (Å²) >= 11 is 3.37. The maximum atomic E-state index is 13.4. The Hall–Kier alpha value is -3.06. The van der Waals surface area contributed by atoms with Gasteiger partial charge in [-0.2, -0.15) is 5.10 Å². The normalized spacial score (nSPS) is 27.3. The Morgan fingerprint density at radius 1 is 0.931 bits per heavy atom. The Balaban J connectivity index is 1.58. The number of amides is 2. The van der Waals surface area contributed by atoms with Gasteiger partial charge >= 0.3 is 0 Å². The van der Waals surface area contributed by atoms with Crippen LogP contribution >= 0.6 is 15.9 Å². The van der Waals surface area contributed by atoms with Gasteiger partial charge in [-0.1, -0.05) is 52.3 Å². The zero-order valence-corrected chi connectivity index (χ0v) is 16.8. The van der Waals surface area contributed by atoms with Gasteiger partial charge in [0.15, 0.2) is 5.78 Å². The van der Waals surface area contributed by atoms with Crippen molar-refractivity contribution in [2.75, 3.05) is 4.90 Å². The van der Waals surface area contributed by atoms with Gasteiger partial charge in [-0.15, -0.1) is 0 Å². The van der Waals surface area contributed by atoms with Crippen molar-refractivity contribution < 1.29 is 14.4 Å². The van der Waals surface area contributed by atoms with E-state index in [2.05, 4.69) is 21.0 Å². The van der Waals surface area contributed by atoms with Crippen LogP contribution in [0.2, 0.25) is 0 Å². The lowest BCUT2D eigenvalue weighted by molar-refractivity contribution is -0.123. The van der Waals surface area contributed by atoms with Crippen LogP contribution in [0.4, 0.5) is 5.69 Å². The molecule has 0 saturated carbocycles. The quantitative estimate of drug-likeness (QED) is 0.533. The van der Waals surface area contributed by atoms with Crippen molar-refractivity contribution in [3.8, 4) is 0 Å². The minimum absolute atomic E-state index is 0.200. The van der Waals surface area contributed by atoms with Gasteiger partial charge in [-0.3, -0.25) is 19.4 Å². The van der Waals surface area contributed by atoms with Gasteiger partial charge in [-0.25, -0.2) is 4.90 Å². The monoisotopic (exact) mass is 449 g/mol. The third-order valence-corrected chi connectivity index (χ3v) is 6.23. The number of benzene rings is 2. The molecule has 3 aliphatic rings. The van der Waals surface area contributed by atoms with E-state index in [0.717, 1.165) is 4.47 Å². The number of hydrogen-bond donors (Lipinski definition) is 0. The summed E-state index contributed by atoms with van der Waals surface area (Å²) in [6, 6.07) is 14.6. The number of halogens is 1. The summed E-state index contributed by atoms with van der Waals surface area (Å²) in [6.07, 6.45) is 5.19. The first kappa shape index (κ1) is 18.0. The van der Waals surface area contributed by atoms with Gasteiger partial charge < -0.3 is 0 Å². The Morgan fingerprint density at radius 2 is 1.62 bits per heavy atom. The lowest BCUT2D eigenvalue weighted by atomic mass is 9.86. The standard InChI is InChI=1S/C22H16BrN3O3/c23-14-8-10-15(11-9-14)25-21(28)17-16-7-4-12-24-26(16)19(18(17)22(25)29)20(27)13-5-2-1-3-6-13/h1-12,16-19H/t16-,17+,18+,19-/m1/s1. The van der Waals surface area contributed by atoms with Gasteiger partial charge in [0.2, 0.25) is 11.8 Å². The van der Waals surface area contributed by atoms with Crippen LogP contribution in [0.25, 0.3) is 0 Å². The van der Waals surface area contributed by atoms with E-state index in [-0.39, 0.29) is 17.6 Å². The lowest BCUT2D eigenvalue weighted by Crippen LogP contribution is -2.46. The summed E-state index contributed by atoms with van der Waals surface area (Å²) in [5.74, 6) is -2.26. The molecule has 0 bridgehead atoms. The third kappa shape index (κ3) is 2.68. The summed E-state index contributed by atoms with van der Waals surface area (Å²) in [7, 11) is 0. The predicted molar refractivity (Wildman–Crippen MR) is 111 cm³/mol. The zero-order valence-electron chi connectivity index (χ0n) is 15.2. The average Bonchev–Trinajstić information content (AvgIpc) is 3.22. The van der Waals surface area contributed by atoms with Crippen molar-refractivity contribution >= 4 is 45.4 Å². The molecule has 2 aromatic carbocycles. The van der Waals surface area contributed by atoms with Gasteiger partial charge in [0.05, 0.1) is 23.6 Å². The second-order valence-corrected chi connectivity index (χ2v) is 8.15. The molecule has 4 atom stereocenters. The van der Waals surface area contributed by atoms with Crippen LogP contribution in [-0.4, -0.2) is 40.9 Å². The molecule has 29 heavy (non-hydrogen) atoms. The van der Waals surface area contributed by atoms with E-state index in [0.29, 0.717) is 11.3 Å². The van der Waals surface area contributed by atoms with Crippen molar-refractivity contribution in [1.29, 1.82) is 0 Å². The summed E-state index contributed by atoms with van der Waals surface area (Å²) in [5, 5.41) is 5.98. The number of fused-ring (bicyclic) bond motifs is 3. The van der Waals surface area contributed by atoms with Gasteiger partial charge in [0.1, 0.15) is 6.04 Å². The number of anilines is 1. The van der Waals surface area contributed by atoms with E-state index in [1.54, 1.807) is 65.8 Å². The number of ketones is 1. The molecule has 3 aliphatic heterocycles. The highest BCUT2D eigenvalue weighted by atomic mass is 79.9. The van der Waals surface area contributed by atoms with E-state index < -0.39 is 23.9 Å². The highest BCUT2D eigenvalue weighted by molar-refractivity contribution is 9.10. The molecular weight excluding hydrogens is 434 g/mol. The van der Waals surface area contributed by atoms with Crippen LogP contribution in [0.5, 0.6) is 0 Å². The van der Waals surface area contributed by atoms with E-state index >= 15 is 0 Å². The van der Waals surface area contributed by atoms with Crippen molar-refractivity contribution in [1.82, 2.24) is 5.01 Å². The fourth-order valence-corrected chi connectivity index (χ4v) is 4.72. The fourth-order valence-electron chi connectivity index (χ4n) is 4.46. The molecule has 2 saturated heterocycles. The van der Waals surface area contributed by atoms with E-state index in [1.807, 2.05) is 12.1 Å². The third-order valence-electron chi connectivity index (χ3n) is 5.70. The van der Waals surface area contributed by atoms with Crippen molar-refractivity contribution in [2.24, 2.45) is 16.9 Å². The number of hydrazone groups is 1. The molecule has 0 aliphatic carbocycles. The molecule has 2 aromatic rings. The number of hydrogen-bond acceptors (Lipinski definition) is 5. The number of rotatable bonds is 3. The number of nitrogens with zero attached hydrogens (tertiary/aromatic N) is 3. The number of imide groups is 1. The molecule has 0 unspecified atom stereocenters. The number of carbonyl (C=O) groups excluding carboxylic acids is 3. The van der Waals surface area contributed by atoms with Crippen LogP contribution in [0.3, 0.4) is 0 Å². The first-order valence-corrected chi connectivity index (χ1v) is 10.1. The molecule has 6 nitrogen and oxygen atoms in total. The van der Waals surface area contributed by atoms with Crippen LogP contribution in [-0.2, 0) is 9.59 Å². The smallest absolute Gasteiger partial charge is 0.240 e. The molecule has 7 heteroatoms. The van der Waals surface area contributed by atoms with Crippen molar-refractivity contribution in [3.63, 3.8) is 0 Å². The second kappa shape index (κ2) is 6.77. The topological polar surface area (TPSA) is 70.0 Å². The first-order valence-electron chi connectivity index (χ1n) is 9.29. The molecule has 0 radical (unpaired) electrons. The average molecular weight is 450 g/mol. The minimum Gasteiger partial charge on any atom is -0.292 e. The summed E-state index contributed by atoms with van der Waals surface area (Å²) in [6.45, 7) is 0. The Kier molecular flexibility index (Phi) is 4.20. The molecule has 0 aromatic heterocycles. The van der Waals surface area contributed by atoms with E-state index in [4.69, 9.17) is 0 Å². The highest BCUT2D eigenvalue weighted by Crippen LogP contribution is 2.46. The molecular formula is C22H16BrN3O3. The minimum atomic E-state index is -0.814. The SMILES string of the molecule is O=C(c1ccccc1)[C@H]1[C@H]2C(=O)N(c3ccc(Br)cc3)C(=O)[C@H]2[C@H]2C=CC=NN21. The van der Waals surface area contributed by atoms with Crippen molar-refractivity contribution in [3.05, 3.63) is 76.8 Å². The molecule has 144 valence electrons. The van der Waals surface area contributed by atoms with E-state index in [9.17, 15) is 14.4 Å². The molecule has 5 rings (SSSR count). The van der Waals surface area contributed by atoms with Crippen LogP contribution < -0.4 is 4.90 Å². The molecule has 0 spiro atoms. The van der Waals surface area contributed by atoms with Gasteiger partial charge in [0.25, 0.3) is 0 Å². The maximum absolute atomic E-state index is 13.4. The predicted octanol–water partition coefficient (Wildman–Crippen LogP) is 3.05. The molecule has 2 amide bonds. The van der Waals surface area contributed by atoms with Crippen LogP contribution in [0.15, 0.2) is 76.3 Å². The largest absolute Gasteiger partial charge is 0.292 e. The molecule has 2 fully saturated rings. The Morgan fingerprint density at radius 3 is 2.34 bits per heavy atom. The summed E-state index contributed by atoms with van der Waals surface area (Å²) < 4.78 is 0.855. The summed E-state index contributed by atoms with van der Waals surface area (Å²) in [4.78, 5) is 41.3. The first-order chi connectivity index (χ1) is 14.1. The van der Waals surface area contributed by atoms with Gasteiger partial charge in [0, 0.05) is 16.3 Å². The number of allylic oxidation sites excluding steroid dienone is 1. The van der Waals surface area contributed by atoms with Crippen LogP contribution in [0, 0.1) is 11.8 Å². The summed E-state index contributed by atoms with van der Waals surface area (Å²) in [5.41, 5.74) is 1.02.